The molecule has 0 unspecified atom stereocenters. The second kappa shape index (κ2) is 9.96. The maximum atomic E-state index is 12.9. The van der Waals surface area contributed by atoms with Gasteiger partial charge in [-0.3, -0.25) is 4.79 Å². The van der Waals surface area contributed by atoms with Gasteiger partial charge in [0.15, 0.2) is 0 Å². The maximum absolute atomic E-state index is 12.9. The molecule has 2 aromatic carbocycles. The van der Waals surface area contributed by atoms with Crippen molar-refractivity contribution in [3.63, 3.8) is 0 Å². The molecule has 1 saturated heterocycles. The van der Waals surface area contributed by atoms with Crippen LogP contribution in [0, 0.1) is 0 Å². The summed E-state index contributed by atoms with van der Waals surface area (Å²) in [5, 5.41) is 1.10. The van der Waals surface area contributed by atoms with Gasteiger partial charge in [0.25, 0.3) is 5.91 Å². The molecule has 1 amide bonds. The Hall–Kier alpha value is -1.77. The number of halogens is 2. The lowest BCUT2D eigenvalue weighted by Gasteiger charge is -2.43. The third kappa shape index (κ3) is 4.94. The van der Waals surface area contributed by atoms with E-state index in [1.807, 2.05) is 73.4 Å². The summed E-state index contributed by atoms with van der Waals surface area (Å²) in [4.78, 5) is 14.8. The molecule has 1 heterocycles. The fourth-order valence-corrected chi connectivity index (χ4v) is 3.99. The van der Waals surface area contributed by atoms with Crippen molar-refractivity contribution in [3.05, 3.63) is 82.4 Å². The van der Waals surface area contributed by atoms with Gasteiger partial charge in [0.05, 0.1) is 10.0 Å². The lowest BCUT2D eigenvalue weighted by atomic mass is 9.71. The summed E-state index contributed by atoms with van der Waals surface area (Å²) < 4.78 is 0. The molecule has 1 aliphatic rings. The standard InChI is InChI=1S/C21H21Cl2NO.C2H6/c1-2-11-21(17-9-10-18(22)19(23)14-17)12-6-13-24(15-21)20(25)16-7-4-3-5-8-16;1-2/h2-5,7-10,14H,1,6,11-13,15H2;1-2H3/t21-;/m0./s1. The molecule has 0 spiro atoms. The number of carbonyl (C=O) groups excluding carboxylic acids is 1. The Morgan fingerprint density at radius 2 is 1.85 bits per heavy atom. The van der Waals surface area contributed by atoms with Crippen molar-refractivity contribution in [1.82, 2.24) is 4.90 Å². The molecule has 0 saturated carbocycles. The number of carbonyl (C=O) groups is 1. The molecule has 4 heteroatoms. The van der Waals surface area contributed by atoms with Gasteiger partial charge in [-0.15, -0.1) is 6.58 Å². The van der Waals surface area contributed by atoms with Gasteiger partial charge in [-0.05, 0) is 49.1 Å². The number of nitrogens with zero attached hydrogens (tertiary/aromatic N) is 1. The maximum Gasteiger partial charge on any atom is 0.253 e. The number of likely N-dealkylation sites (tertiary alicyclic amines) is 1. The van der Waals surface area contributed by atoms with Gasteiger partial charge in [-0.1, -0.05) is 67.4 Å². The molecule has 0 aromatic heterocycles. The van der Waals surface area contributed by atoms with E-state index in [0.29, 0.717) is 16.6 Å². The van der Waals surface area contributed by atoms with Crippen molar-refractivity contribution in [1.29, 1.82) is 0 Å². The number of hydrogen-bond donors (Lipinski definition) is 0. The monoisotopic (exact) mass is 403 g/mol. The minimum Gasteiger partial charge on any atom is -0.338 e. The van der Waals surface area contributed by atoms with Crippen LogP contribution in [-0.4, -0.2) is 23.9 Å². The Morgan fingerprint density at radius 1 is 1.15 bits per heavy atom. The second-order valence-electron chi connectivity index (χ2n) is 6.60. The summed E-state index contributed by atoms with van der Waals surface area (Å²) in [6, 6.07) is 15.2. The number of benzene rings is 2. The smallest absolute Gasteiger partial charge is 0.253 e. The molecular weight excluding hydrogens is 377 g/mol. The van der Waals surface area contributed by atoms with Crippen LogP contribution in [0.3, 0.4) is 0 Å². The summed E-state index contributed by atoms with van der Waals surface area (Å²) in [5.41, 5.74) is 1.68. The van der Waals surface area contributed by atoms with Crippen molar-refractivity contribution in [2.75, 3.05) is 13.1 Å². The van der Waals surface area contributed by atoms with E-state index >= 15 is 0 Å². The van der Waals surface area contributed by atoms with Crippen molar-refractivity contribution in [3.8, 4) is 0 Å². The lowest BCUT2D eigenvalue weighted by molar-refractivity contribution is 0.0638. The molecule has 0 aliphatic carbocycles. The minimum atomic E-state index is -0.168. The summed E-state index contributed by atoms with van der Waals surface area (Å²) in [6.45, 7) is 9.36. The third-order valence-corrected chi connectivity index (χ3v) is 5.69. The van der Waals surface area contributed by atoms with E-state index in [0.717, 1.165) is 36.9 Å². The molecule has 1 aliphatic heterocycles. The summed E-state index contributed by atoms with van der Waals surface area (Å²) >= 11 is 12.3. The lowest BCUT2D eigenvalue weighted by Crippen LogP contribution is -2.48. The Balaban J connectivity index is 0.00000126. The molecule has 1 atom stereocenters. The first kappa shape index (κ1) is 21.5. The van der Waals surface area contributed by atoms with Crippen LogP contribution in [0.5, 0.6) is 0 Å². The number of amides is 1. The molecule has 0 N–H and O–H groups in total. The number of allylic oxidation sites excluding steroid dienone is 1. The van der Waals surface area contributed by atoms with Crippen LogP contribution in [0.2, 0.25) is 10.0 Å². The average Bonchev–Trinajstić information content (AvgIpc) is 2.72. The van der Waals surface area contributed by atoms with E-state index in [9.17, 15) is 4.79 Å². The predicted molar refractivity (Wildman–Crippen MR) is 116 cm³/mol. The molecule has 3 rings (SSSR count). The topological polar surface area (TPSA) is 20.3 Å². The van der Waals surface area contributed by atoms with Crippen molar-refractivity contribution in [2.24, 2.45) is 0 Å². The zero-order valence-corrected chi connectivity index (χ0v) is 17.6. The van der Waals surface area contributed by atoms with Gasteiger partial charge in [-0.25, -0.2) is 0 Å². The van der Waals surface area contributed by atoms with Crippen molar-refractivity contribution < 1.29 is 4.79 Å². The highest BCUT2D eigenvalue weighted by Gasteiger charge is 2.38. The second-order valence-corrected chi connectivity index (χ2v) is 7.41. The van der Waals surface area contributed by atoms with Crippen molar-refractivity contribution >= 4 is 29.1 Å². The van der Waals surface area contributed by atoms with Gasteiger partial charge in [0.2, 0.25) is 0 Å². The van der Waals surface area contributed by atoms with E-state index < -0.39 is 0 Å². The highest BCUT2D eigenvalue weighted by molar-refractivity contribution is 6.42. The highest BCUT2D eigenvalue weighted by atomic mass is 35.5. The van der Waals surface area contributed by atoms with Crippen LogP contribution in [0.15, 0.2) is 61.2 Å². The van der Waals surface area contributed by atoms with Gasteiger partial charge < -0.3 is 4.90 Å². The Labute approximate surface area is 172 Å². The number of hydrogen-bond acceptors (Lipinski definition) is 1. The zero-order valence-electron chi connectivity index (χ0n) is 16.1. The van der Waals surface area contributed by atoms with Crippen LogP contribution < -0.4 is 0 Å². The predicted octanol–water partition coefficient (Wildman–Crippen LogP) is 6.77. The molecule has 1 fully saturated rings. The quantitative estimate of drug-likeness (QED) is 0.515. The van der Waals surface area contributed by atoms with Crippen LogP contribution in [0.1, 0.15) is 49.0 Å². The molecule has 144 valence electrons. The normalized spacial score (nSPS) is 19.0. The van der Waals surface area contributed by atoms with Gasteiger partial charge in [0.1, 0.15) is 0 Å². The largest absolute Gasteiger partial charge is 0.338 e. The Bertz CT molecular complexity index is 775. The van der Waals surface area contributed by atoms with E-state index in [-0.39, 0.29) is 11.3 Å². The third-order valence-electron chi connectivity index (χ3n) is 4.95. The first-order valence-corrected chi connectivity index (χ1v) is 10.2. The SMILES string of the molecule is C=CC[C@]1(c2ccc(Cl)c(Cl)c2)CCCN(C(=O)c2ccccc2)C1.CC. The summed E-state index contributed by atoms with van der Waals surface area (Å²) in [5.74, 6) is 0.0776. The summed E-state index contributed by atoms with van der Waals surface area (Å²) in [7, 11) is 0. The Kier molecular flexibility index (Phi) is 7.94. The molecule has 27 heavy (non-hydrogen) atoms. The molecule has 2 nitrogen and oxygen atoms in total. The molecule has 0 radical (unpaired) electrons. The molecule has 2 aromatic rings. The van der Waals surface area contributed by atoms with Gasteiger partial charge in [0, 0.05) is 24.1 Å². The van der Waals surface area contributed by atoms with E-state index in [4.69, 9.17) is 23.2 Å². The van der Waals surface area contributed by atoms with Gasteiger partial charge in [-0.2, -0.15) is 0 Å². The molecule has 0 bridgehead atoms. The Morgan fingerprint density at radius 3 is 2.48 bits per heavy atom. The fourth-order valence-electron chi connectivity index (χ4n) is 3.69. The van der Waals surface area contributed by atoms with E-state index in [1.54, 1.807) is 0 Å². The first-order chi connectivity index (χ1) is 13.1. The fraction of sp³-hybridized carbons (Fsp3) is 0.348. The highest BCUT2D eigenvalue weighted by Crippen LogP contribution is 2.40. The number of piperidine rings is 1. The van der Waals surface area contributed by atoms with Crippen LogP contribution >= 0.6 is 23.2 Å². The summed E-state index contributed by atoms with van der Waals surface area (Å²) in [6.07, 6.45) is 4.67. The number of rotatable bonds is 4. The van der Waals surface area contributed by atoms with Crippen LogP contribution in [0.25, 0.3) is 0 Å². The first-order valence-electron chi connectivity index (χ1n) is 9.46. The van der Waals surface area contributed by atoms with Crippen LogP contribution in [0.4, 0.5) is 0 Å². The van der Waals surface area contributed by atoms with E-state index in [1.165, 1.54) is 0 Å². The molecular formula is C23H27Cl2NO. The van der Waals surface area contributed by atoms with Crippen molar-refractivity contribution in [2.45, 2.75) is 38.5 Å². The zero-order chi connectivity index (χ0) is 19.9. The van der Waals surface area contributed by atoms with Crippen LogP contribution in [-0.2, 0) is 5.41 Å². The van der Waals surface area contributed by atoms with Gasteiger partial charge >= 0.3 is 0 Å². The minimum absolute atomic E-state index is 0.0776. The average molecular weight is 404 g/mol. The van der Waals surface area contributed by atoms with E-state index in [2.05, 4.69) is 6.58 Å².